The standard InChI is InChI=1S/C20H20N4O3/c1-20(2,19(26)27)24-11-13(10-21-24)22-18(25)15-9-17(12-7-8-12)23-16-6-4-3-5-14(15)16/h3-6,9-12H,7-8H2,1-2H3,(H,22,25)(H,26,27). The van der Waals surface area contributed by atoms with Crippen molar-refractivity contribution in [3.05, 3.63) is 54.0 Å². The Labute approximate surface area is 156 Å². The molecule has 0 aliphatic heterocycles. The average Bonchev–Trinajstić information content (AvgIpc) is 3.39. The molecule has 4 rings (SSSR count). The molecular formula is C20H20N4O3. The van der Waals surface area contributed by atoms with Crippen molar-refractivity contribution < 1.29 is 14.7 Å². The zero-order chi connectivity index (χ0) is 19.2. The van der Waals surface area contributed by atoms with Crippen LogP contribution < -0.4 is 5.32 Å². The van der Waals surface area contributed by atoms with Gasteiger partial charge in [0.15, 0.2) is 5.54 Å². The van der Waals surface area contributed by atoms with Crippen LogP contribution in [-0.2, 0) is 10.3 Å². The molecule has 7 heteroatoms. The molecule has 0 saturated heterocycles. The van der Waals surface area contributed by atoms with Crippen LogP contribution in [0.25, 0.3) is 10.9 Å². The number of fused-ring (bicyclic) bond motifs is 1. The highest BCUT2D eigenvalue weighted by Crippen LogP contribution is 2.40. The summed E-state index contributed by atoms with van der Waals surface area (Å²) < 4.78 is 1.32. The summed E-state index contributed by atoms with van der Waals surface area (Å²) in [4.78, 5) is 29.0. The first-order chi connectivity index (χ1) is 12.9. The van der Waals surface area contributed by atoms with Crippen LogP contribution >= 0.6 is 0 Å². The van der Waals surface area contributed by atoms with Gasteiger partial charge in [-0.15, -0.1) is 0 Å². The second-order valence-corrected chi connectivity index (χ2v) is 7.38. The highest BCUT2D eigenvalue weighted by Gasteiger charge is 2.30. The smallest absolute Gasteiger partial charge is 0.331 e. The van der Waals surface area contributed by atoms with Crippen molar-refractivity contribution in [2.75, 3.05) is 5.32 Å². The molecule has 0 spiro atoms. The van der Waals surface area contributed by atoms with E-state index >= 15 is 0 Å². The first-order valence-electron chi connectivity index (χ1n) is 8.86. The second-order valence-electron chi connectivity index (χ2n) is 7.38. The number of hydrogen-bond acceptors (Lipinski definition) is 4. The van der Waals surface area contributed by atoms with E-state index in [0.29, 0.717) is 17.2 Å². The van der Waals surface area contributed by atoms with Gasteiger partial charge in [0.1, 0.15) is 0 Å². The van der Waals surface area contributed by atoms with Gasteiger partial charge in [0.2, 0.25) is 0 Å². The van der Waals surface area contributed by atoms with E-state index in [0.717, 1.165) is 29.4 Å². The van der Waals surface area contributed by atoms with Gasteiger partial charge in [-0.2, -0.15) is 5.10 Å². The molecule has 7 nitrogen and oxygen atoms in total. The number of aliphatic carboxylic acids is 1. The predicted octanol–water partition coefficient (Wildman–Crippen LogP) is 3.38. The SMILES string of the molecule is CC(C)(C(=O)O)n1cc(NC(=O)c2cc(C3CC3)nc3ccccc23)cn1. The van der Waals surface area contributed by atoms with Crippen molar-refractivity contribution in [3.8, 4) is 0 Å². The third kappa shape index (κ3) is 3.16. The van der Waals surface area contributed by atoms with E-state index in [2.05, 4.69) is 15.4 Å². The molecule has 27 heavy (non-hydrogen) atoms. The van der Waals surface area contributed by atoms with Gasteiger partial charge in [-0.3, -0.25) is 14.5 Å². The third-order valence-electron chi connectivity index (χ3n) is 4.91. The maximum atomic E-state index is 12.9. The van der Waals surface area contributed by atoms with Gasteiger partial charge in [0.25, 0.3) is 5.91 Å². The number of carboxylic acid groups (broad SMARTS) is 1. The molecule has 0 bridgehead atoms. The summed E-state index contributed by atoms with van der Waals surface area (Å²) in [6.45, 7) is 3.10. The van der Waals surface area contributed by atoms with Gasteiger partial charge in [0.05, 0.1) is 23.0 Å². The number of aromatic nitrogens is 3. The van der Waals surface area contributed by atoms with Crippen LogP contribution in [0, 0.1) is 0 Å². The van der Waals surface area contributed by atoms with Crippen LogP contribution in [0.4, 0.5) is 5.69 Å². The number of benzene rings is 1. The number of nitrogens with one attached hydrogen (secondary N) is 1. The number of carbonyl (C=O) groups is 2. The normalized spacial score (nSPS) is 14.3. The van der Waals surface area contributed by atoms with Crippen molar-refractivity contribution in [3.63, 3.8) is 0 Å². The van der Waals surface area contributed by atoms with Gasteiger partial charge >= 0.3 is 5.97 Å². The molecule has 0 radical (unpaired) electrons. The quantitative estimate of drug-likeness (QED) is 0.723. The van der Waals surface area contributed by atoms with Gasteiger partial charge in [-0.25, -0.2) is 4.79 Å². The Bertz CT molecular complexity index is 1050. The molecule has 3 aromatic rings. The number of carbonyl (C=O) groups excluding carboxylic acids is 1. The number of anilines is 1. The van der Waals surface area contributed by atoms with Crippen molar-refractivity contribution in [1.29, 1.82) is 0 Å². The highest BCUT2D eigenvalue weighted by atomic mass is 16.4. The monoisotopic (exact) mass is 364 g/mol. The minimum Gasteiger partial charge on any atom is -0.479 e. The van der Waals surface area contributed by atoms with E-state index in [1.54, 1.807) is 13.8 Å². The Hall–Kier alpha value is -3.22. The molecule has 1 aliphatic carbocycles. The van der Waals surface area contributed by atoms with Gasteiger partial charge in [0, 0.05) is 23.2 Å². The minimum absolute atomic E-state index is 0.261. The van der Waals surface area contributed by atoms with E-state index in [9.17, 15) is 14.7 Å². The zero-order valence-electron chi connectivity index (χ0n) is 15.1. The van der Waals surface area contributed by atoms with Crippen LogP contribution in [0.1, 0.15) is 48.7 Å². The van der Waals surface area contributed by atoms with E-state index < -0.39 is 11.5 Å². The molecule has 138 valence electrons. The van der Waals surface area contributed by atoms with Crippen LogP contribution in [0.2, 0.25) is 0 Å². The lowest BCUT2D eigenvalue weighted by Gasteiger charge is -2.19. The fraction of sp³-hybridized carbons (Fsp3) is 0.300. The lowest BCUT2D eigenvalue weighted by molar-refractivity contribution is -0.146. The highest BCUT2D eigenvalue weighted by molar-refractivity contribution is 6.12. The number of pyridine rings is 1. The molecule has 1 aliphatic rings. The van der Waals surface area contributed by atoms with E-state index in [-0.39, 0.29) is 5.91 Å². The Morgan fingerprint density at radius 2 is 2.00 bits per heavy atom. The number of amides is 1. The Morgan fingerprint density at radius 3 is 2.70 bits per heavy atom. The molecule has 2 heterocycles. The van der Waals surface area contributed by atoms with Crippen molar-refractivity contribution in [2.24, 2.45) is 0 Å². The van der Waals surface area contributed by atoms with E-state index in [1.165, 1.54) is 17.1 Å². The van der Waals surface area contributed by atoms with Crippen LogP contribution in [0.15, 0.2) is 42.7 Å². The topological polar surface area (TPSA) is 97.1 Å². The van der Waals surface area contributed by atoms with Crippen LogP contribution in [0.5, 0.6) is 0 Å². The maximum absolute atomic E-state index is 12.9. The van der Waals surface area contributed by atoms with Crippen molar-refractivity contribution in [2.45, 2.75) is 38.1 Å². The summed E-state index contributed by atoms with van der Waals surface area (Å²) in [7, 11) is 0. The lowest BCUT2D eigenvalue weighted by Crippen LogP contribution is -2.35. The van der Waals surface area contributed by atoms with Gasteiger partial charge in [-0.1, -0.05) is 18.2 Å². The number of carboxylic acids is 1. The van der Waals surface area contributed by atoms with Crippen molar-refractivity contribution >= 4 is 28.5 Å². The number of para-hydroxylation sites is 1. The predicted molar refractivity (Wildman–Crippen MR) is 101 cm³/mol. The number of rotatable bonds is 5. The molecular weight excluding hydrogens is 344 g/mol. The molecule has 0 unspecified atom stereocenters. The zero-order valence-corrected chi connectivity index (χ0v) is 15.1. The number of hydrogen-bond donors (Lipinski definition) is 2. The Morgan fingerprint density at radius 1 is 1.26 bits per heavy atom. The average molecular weight is 364 g/mol. The fourth-order valence-electron chi connectivity index (χ4n) is 2.96. The molecule has 2 aromatic heterocycles. The summed E-state index contributed by atoms with van der Waals surface area (Å²) in [5.41, 5.74) is 1.55. The fourth-order valence-corrected chi connectivity index (χ4v) is 2.96. The Kier molecular flexibility index (Phi) is 3.95. The molecule has 1 aromatic carbocycles. The largest absolute Gasteiger partial charge is 0.479 e. The van der Waals surface area contributed by atoms with Crippen molar-refractivity contribution in [1.82, 2.24) is 14.8 Å². The second kappa shape index (κ2) is 6.19. The first kappa shape index (κ1) is 17.2. The van der Waals surface area contributed by atoms with Crippen LogP contribution in [-0.4, -0.2) is 31.7 Å². The van der Waals surface area contributed by atoms with E-state index in [4.69, 9.17) is 0 Å². The summed E-state index contributed by atoms with van der Waals surface area (Å²) >= 11 is 0. The maximum Gasteiger partial charge on any atom is 0.331 e. The molecule has 2 N–H and O–H groups in total. The Balaban J connectivity index is 1.66. The lowest BCUT2D eigenvalue weighted by atomic mass is 10.1. The molecule has 1 fully saturated rings. The molecule has 1 saturated carbocycles. The van der Waals surface area contributed by atoms with Gasteiger partial charge < -0.3 is 10.4 Å². The molecule has 0 atom stereocenters. The minimum atomic E-state index is -1.20. The summed E-state index contributed by atoms with van der Waals surface area (Å²) in [5, 5.41) is 17.0. The van der Waals surface area contributed by atoms with E-state index in [1.807, 2.05) is 30.3 Å². The summed E-state index contributed by atoms with van der Waals surface area (Å²) in [5.74, 6) is -0.832. The summed E-state index contributed by atoms with van der Waals surface area (Å²) in [6, 6.07) is 9.44. The summed E-state index contributed by atoms with van der Waals surface area (Å²) in [6.07, 6.45) is 5.18. The van der Waals surface area contributed by atoms with Gasteiger partial charge in [-0.05, 0) is 38.8 Å². The number of nitrogens with zero attached hydrogens (tertiary/aromatic N) is 3. The first-order valence-corrected chi connectivity index (χ1v) is 8.86. The van der Waals surface area contributed by atoms with Crippen LogP contribution in [0.3, 0.4) is 0 Å². The third-order valence-corrected chi connectivity index (χ3v) is 4.91. The molecule has 1 amide bonds.